The van der Waals surface area contributed by atoms with E-state index in [-0.39, 0.29) is 21.6 Å². The maximum absolute atomic E-state index is 8.87. The van der Waals surface area contributed by atoms with E-state index in [4.69, 9.17) is 14.8 Å². The maximum atomic E-state index is 8.87. The molecule has 4 nitrogen and oxygen atoms in total. The van der Waals surface area contributed by atoms with Crippen molar-refractivity contribution in [3.8, 4) is 0 Å². The van der Waals surface area contributed by atoms with Gasteiger partial charge < -0.3 is 0 Å². The summed E-state index contributed by atoms with van der Waals surface area (Å²) in [4.78, 5) is 4.72. The van der Waals surface area contributed by atoms with Crippen molar-refractivity contribution in [1.29, 1.82) is 0 Å². The molecule has 1 aromatic carbocycles. The van der Waals surface area contributed by atoms with Crippen LogP contribution in [-0.4, -0.2) is 42.8 Å². The van der Waals surface area contributed by atoms with E-state index in [0.717, 1.165) is 11.5 Å². The van der Waals surface area contributed by atoms with Crippen molar-refractivity contribution in [3.05, 3.63) is 41.9 Å². The molecule has 0 aliphatic carbocycles. The number of aliphatic hydroxyl groups is 1. The molecule has 1 N–H and O–H groups in total. The average Bonchev–Trinajstić information content (AvgIpc) is 2.78. The first-order valence-corrected chi connectivity index (χ1v) is 8.83. The fraction of sp³-hybridized carbons (Fsp3) is 0.438. The summed E-state index contributed by atoms with van der Waals surface area (Å²) in [5, 5.41) is 8.87. The second kappa shape index (κ2) is 7.76. The van der Waals surface area contributed by atoms with Crippen LogP contribution < -0.4 is 9.05 Å². The Morgan fingerprint density at radius 2 is 2.00 bits per heavy atom. The van der Waals surface area contributed by atoms with Gasteiger partial charge in [0.25, 0.3) is 0 Å². The van der Waals surface area contributed by atoms with E-state index in [1.807, 2.05) is 13.0 Å². The molecule has 21 heavy (non-hydrogen) atoms. The summed E-state index contributed by atoms with van der Waals surface area (Å²) in [6.45, 7) is 7.21. The molecule has 0 aliphatic heterocycles. The number of hydrogen-bond donors (Lipinski definition) is 1. The third kappa shape index (κ3) is 4.17. The Hall–Kier alpha value is -1.13. The van der Waals surface area contributed by atoms with Crippen LogP contribution in [0.1, 0.15) is 31.3 Å². The van der Waals surface area contributed by atoms with Gasteiger partial charge in [-0.15, -0.1) is 0 Å². The topological polar surface area (TPSA) is 47.3 Å². The molecule has 0 fully saturated rings. The van der Waals surface area contributed by atoms with E-state index in [1.54, 1.807) is 0 Å². The van der Waals surface area contributed by atoms with Gasteiger partial charge in [-0.1, -0.05) is 0 Å². The molecule has 114 valence electrons. The first-order valence-electron chi connectivity index (χ1n) is 7.12. The quantitative estimate of drug-likeness (QED) is 0.595. The Labute approximate surface area is 132 Å². The number of imidazole rings is 1. The van der Waals surface area contributed by atoms with E-state index in [9.17, 15) is 0 Å². The van der Waals surface area contributed by atoms with Crippen LogP contribution in [0.4, 0.5) is 0 Å². The summed E-state index contributed by atoms with van der Waals surface area (Å²) in [6.07, 6.45) is 0. The Morgan fingerprint density at radius 3 is 2.62 bits per heavy atom. The number of benzene rings is 1. The van der Waals surface area contributed by atoms with Gasteiger partial charge >= 0.3 is 132 Å². The van der Waals surface area contributed by atoms with E-state index in [0.29, 0.717) is 19.3 Å². The predicted octanol–water partition coefficient (Wildman–Crippen LogP) is 0.936. The number of ether oxygens (including phenoxy) is 1. The first-order chi connectivity index (χ1) is 10.1. The van der Waals surface area contributed by atoms with E-state index in [1.165, 1.54) is 9.05 Å². The minimum absolute atomic E-state index is 0.0456. The molecule has 2 aromatic rings. The van der Waals surface area contributed by atoms with Gasteiger partial charge in [0.2, 0.25) is 0 Å². The SMILES string of the molecule is Cc1nc(C(C)C)c([Se]c2ccccc2)n1COCCO. The second-order valence-electron chi connectivity index (χ2n) is 5.11. The van der Waals surface area contributed by atoms with Gasteiger partial charge in [0.15, 0.2) is 0 Å². The number of rotatable bonds is 7. The van der Waals surface area contributed by atoms with Gasteiger partial charge in [-0.25, -0.2) is 0 Å². The molecule has 5 heteroatoms. The number of nitrogens with zero attached hydrogens (tertiary/aromatic N) is 2. The van der Waals surface area contributed by atoms with Crippen molar-refractivity contribution < 1.29 is 9.84 Å². The van der Waals surface area contributed by atoms with Crippen molar-refractivity contribution in [2.75, 3.05) is 13.2 Å². The Kier molecular flexibility index (Phi) is 6.00. The normalized spacial score (nSPS) is 11.3. The van der Waals surface area contributed by atoms with Gasteiger partial charge in [0.1, 0.15) is 0 Å². The molecule has 0 spiro atoms. The molecule has 0 amide bonds. The van der Waals surface area contributed by atoms with E-state index < -0.39 is 0 Å². The molecule has 1 aromatic heterocycles. The fourth-order valence-electron chi connectivity index (χ4n) is 2.02. The number of aromatic nitrogens is 2. The molecular formula is C16H22N2O2Se. The van der Waals surface area contributed by atoms with Crippen molar-refractivity contribution in [2.24, 2.45) is 0 Å². The predicted molar refractivity (Wildman–Crippen MR) is 85.6 cm³/mol. The Bertz CT molecular complexity index is 567. The van der Waals surface area contributed by atoms with Crippen LogP contribution in [0.25, 0.3) is 0 Å². The third-order valence-electron chi connectivity index (χ3n) is 3.10. The summed E-state index contributed by atoms with van der Waals surface area (Å²) >= 11 is 0.199. The van der Waals surface area contributed by atoms with Crippen LogP contribution in [0.3, 0.4) is 0 Å². The molecule has 0 saturated carbocycles. The fourth-order valence-corrected chi connectivity index (χ4v) is 4.54. The minimum atomic E-state index is 0.0456. The molecule has 0 aliphatic rings. The second-order valence-corrected chi connectivity index (χ2v) is 7.34. The molecule has 0 unspecified atom stereocenters. The van der Waals surface area contributed by atoms with E-state index >= 15 is 0 Å². The van der Waals surface area contributed by atoms with Crippen LogP contribution in [0, 0.1) is 6.92 Å². The van der Waals surface area contributed by atoms with Crippen LogP contribution in [0.2, 0.25) is 0 Å². The van der Waals surface area contributed by atoms with Gasteiger partial charge in [0.05, 0.1) is 0 Å². The van der Waals surface area contributed by atoms with Crippen LogP contribution in [0.15, 0.2) is 30.3 Å². The Morgan fingerprint density at radius 1 is 1.29 bits per heavy atom. The summed E-state index contributed by atoms with van der Waals surface area (Å²) < 4.78 is 10.2. The van der Waals surface area contributed by atoms with Crippen LogP contribution in [-0.2, 0) is 11.5 Å². The van der Waals surface area contributed by atoms with Gasteiger partial charge in [0, 0.05) is 0 Å². The molecule has 0 bridgehead atoms. The van der Waals surface area contributed by atoms with Crippen LogP contribution >= 0.6 is 0 Å². The van der Waals surface area contributed by atoms with Gasteiger partial charge in [-0.2, -0.15) is 0 Å². The van der Waals surface area contributed by atoms with Gasteiger partial charge in [-0.3, -0.25) is 0 Å². The summed E-state index contributed by atoms with van der Waals surface area (Å²) in [5.74, 6) is 1.37. The third-order valence-corrected chi connectivity index (χ3v) is 5.47. The van der Waals surface area contributed by atoms with Crippen molar-refractivity contribution >= 4 is 24.0 Å². The zero-order valence-electron chi connectivity index (χ0n) is 12.7. The van der Waals surface area contributed by atoms with Gasteiger partial charge in [-0.05, 0) is 0 Å². The first kappa shape index (κ1) is 16.2. The zero-order valence-corrected chi connectivity index (χ0v) is 14.5. The molecule has 0 radical (unpaired) electrons. The van der Waals surface area contributed by atoms with E-state index in [2.05, 4.69) is 42.7 Å². The number of aryl methyl sites for hydroxylation is 1. The average molecular weight is 353 g/mol. The summed E-state index contributed by atoms with van der Waals surface area (Å²) in [5.41, 5.74) is 1.16. The summed E-state index contributed by atoms with van der Waals surface area (Å²) in [7, 11) is 0. The monoisotopic (exact) mass is 354 g/mol. The van der Waals surface area contributed by atoms with Crippen LogP contribution in [0.5, 0.6) is 0 Å². The van der Waals surface area contributed by atoms with Crippen molar-refractivity contribution in [2.45, 2.75) is 33.4 Å². The molecule has 0 atom stereocenters. The molecule has 0 saturated heterocycles. The molecule has 2 rings (SSSR count). The number of hydrogen-bond acceptors (Lipinski definition) is 3. The number of aliphatic hydroxyl groups excluding tert-OH is 1. The summed E-state index contributed by atoms with van der Waals surface area (Å²) in [6, 6.07) is 10.5. The zero-order chi connectivity index (χ0) is 15.2. The molecule has 1 heterocycles. The van der Waals surface area contributed by atoms with Crippen molar-refractivity contribution in [1.82, 2.24) is 9.55 Å². The Balaban J connectivity index is 2.30. The molecular weight excluding hydrogens is 331 g/mol. The van der Waals surface area contributed by atoms with Crippen molar-refractivity contribution in [3.63, 3.8) is 0 Å². The standard InChI is InChI=1S/C16H22N2O2Se/c1-12(2)15-16(21-14-7-5-4-6-8-14)18(13(3)17-15)11-20-10-9-19/h4-8,12,19H,9-11H2,1-3H3.